The van der Waals surface area contributed by atoms with E-state index in [9.17, 15) is 13.2 Å². The largest absolute Gasteiger partial charge is 0.443 e. The van der Waals surface area contributed by atoms with Crippen LogP contribution in [0.15, 0.2) is 0 Å². The summed E-state index contributed by atoms with van der Waals surface area (Å²) in [6, 6.07) is -0.343. The van der Waals surface area contributed by atoms with Gasteiger partial charge in [-0.15, -0.1) is 11.6 Å². The van der Waals surface area contributed by atoms with Crippen LogP contribution < -0.4 is 4.72 Å². The van der Waals surface area contributed by atoms with E-state index in [1.54, 1.807) is 20.8 Å². The SMILES string of the molecule is CC(C)(C)OC(=O)N1CC(CCCl)NS1(=O)=O. The van der Waals surface area contributed by atoms with Crippen molar-refractivity contribution >= 4 is 27.9 Å². The number of nitrogens with one attached hydrogen (secondary N) is 1. The molecular formula is C9H17ClN2O4S. The summed E-state index contributed by atoms with van der Waals surface area (Å²) in [6.07, 6.45) is -0.387. The molecule has 0 spiro atoms. The molecule has 8 heteroatoms. The number of hydrogen-bond donors (Lipinski definition) is 1. The summed E-state index contributed by atoms with van der Waals surface area (Å²) in [5.41, 5.74) is -0.725. The van der Waals surface area contributed by atoms with Crippen molar-refractivity contribution in [2.24, 2.45) is 0 Å². The van der Waals surface area contributed by atoms with Gasteiger partial charge in [-0.25, -0.2) is 4.79 Å². The third-order valence-electron chi connectivity index (χ3n) is 2.05. The third kappa shape index (κ3) is 4.01. The minimum atomic E-state index is -3.78. The fraction of sp³-hybridized carbons (Fsp3) is 0.889. The van der Waals surface area contributed by atoms with Gasteiger partial charge in [0.1, 0.15) is 5.60 Å². The van der Waals surface area contributed by atoms with Gasteiger partial charge in [-0.05, 0) is 27.2 Å². The third-order valence-corrected chi connectivity index (χ3v) is 3.77. The van der Waals surface area contributed by atoms with Gasteiger partial charge >= 0.3 is 16.3 Å². The van der Waals surface area contributed by atoms with Crippen LogP contribution in [0.5, 0.6) is 0 Å². The lowest BCUT2D eigenvalue weighted by molar-refractivity contribution is 0.0398. The van der Waals surface area contributed by atoms with Crippen LogP contribution >= 0.6 is 11.6 Å². The van der Waals surface area contributed by atoms with Crippen molar-refractivity contribution in [3.63, 3.8) is 0 Å². The van der Waals surface area contributed by atoms with Crippen molar-refractivity contribution in [3.8, 4) is 0 Å². The topological polar surface area (TPSA) is 75.7 Å². The average molecular weight is 285 g/mol. The van der Waals surface area contributed by atoms with Crippen LogP contribution in [0, 0.1) is 0 Å². The molecule has 1 aliphatic heterocycles. The lowest BCUT2D eigenvalue weighted by atomic mass is 10.2. The minimum absolute atomic E-state index is 0.0595. The number of halogens is 1. The summed E-state index contributed by atoms with van der Waals surface area (Å²) in [5, 5.41) is 0. The van der Waals surface area contributed by atoms with Crippen LogP contribution in [0.1, 0.15) is 27.2 Å². The van der Waals surface area contributed by atoms with Crippen LogP contribution in [0.3, 0.4) is 0 Å². The number of alkyl halides is 1. The molecule has 0 aromatic rings. The summed E-state index contributed by atoms with van der Waals surface area (Å²) in [7, 11) is -3.78. The number of carbonyl (C=O) groups is 1. The van der Waals surface area contributed by atoms with Gasteiger partial charge in [-0.2, -0.15) is 17.4 Å². The van der Waals surface area contributed by atoms with Gasteiger partial charge < -0.3 is 4.74 Å². The van der Waals surface area contributed by atoms with E-state index in [4.69, 9.17) is 16.3 Å². The van der Waals surface area contributed by atoms with Gasteiger partial charge in [0, 0.05) is 11.9 Å². The molecule has 17 heavy (non-hydrogen) atoms. The van der Waals surface area contributed by atoms with E-state index in [-0.39, 0.29) is 12.6 Å². The number of amides is 1. The molecule has 1 aliphatic rings. The Morgan fingerprint density at radius 3 is 2.59 bits per heavy atom. The first kappa shape index (κ1) is 14.5. The molecule has 0 aromatic carbocycles. The highest BCUT2D eigenvalue weighted by molar-refractivity contribution is 7.87. The Bertz CT molecular complexity index is 390. The van der Waals surface area contributed by atoms with Gasteiger partial charge in [-0.1, -0.05) is 0 Å². The zero-order chi connectivity index (χ0) is 13.3. The number of carbonyl (C=O) groups excluding carboxylic acids is 1. The van der Waals surface area contributed by atoms with Crippen molar-refractivity contribution in [1.82, 2.24) is 9.03 Å². The number of nitrogens with zero attached hydrogens (tertiary/aromatic N) is 1. The molecule has 1 rings (SSSR count). The molecular weight excluding hydrogens is 268 g/mol. The first-order chi connectivity index (χ1) is 7.65. The molecule has 1 fully saturated rings. The fourth-order valence-electron chi connectivity index (χ4n) is 1.38. The molecule has 1 N–H and O–H groups in total. The Hall–Kier alpha value is -0.530. The highest BCUT2D eigenvalue weighted by Crippen LogP contribution is 2.18. The van der Waals surface area contributed by atoms with Crippen LogP contribution in [0.2, 0.25) is 0 Å². The fourth-order valence-corrected chi connectivity index (χ4v) is 2.99. The highest BCUT2D eigenvalue weighted by Gasteiger charge is 2.40. The average Bonchev–Trinajstić information content (AvgIpc) is 2.38. The molecule has 1 heterocycles. The summed E-state index contributed by atoms with van der Waals surface area (Å²) >= 11 is 5.54. The summed E-state index contributed by atoms with van der Waals surface area (Å²) in [4.78, 5) is 11.7. The molecule has 0 aromatic heterocycles. The molecule has 1 saturated heterocycles. The van der Waals surface area contributed by atoms with Gasteiger partial charge in [0.15, 0.2) is 0 Å². The van der Waals surface area contributed by atoms with Crippen molar-refractivity contribution < 1.29 is 17.9 Å². The Kier molecular flexibility index (Phi) is 4.27. The van der Waals surface area contributed by atoms with E-state index in [0.29, 0.717) is 16.6 Å². The van der Waals surface area contributed by atoms with Crippen LogP contribution in [0.25, 0.3) is 0 Å². The van der Waals surface area contributed by atoms with Crippen molar-refractivity contribution in [2.45, 2.75) is 38.8 Å². The molecule has 1 amide bonds. The molecule has 0 radical (unpaired) electrons. The predicted molar refractivity (Wildman–Crippen MR) is 64.1 cm³/mol. The maximum Gasteiger partial charge on any atom is 0.425 e. The Morgan fingerprint density at radius 1 is 1.53 bits per heavy atom. The van der Waals surface area contributed by atoms with Gasteiger partial charge in [-0.3, -0.25) is 0 Å². The molecule has 1 atom stereocenters. The molecule has 100 valence electrons. The van der Waals surface area contributed by atoms with Gasteiger partial charge in [0.2, 0.25) is 0 Å². The smallest absolute Gasteiger partial charge is 0.425 e. The lowest BCUT2D eigenvalue weighted by Crippen LogP contribution is -2.39. The molecule has 1 unspecified atom stereocenters. The maximum absolute atomic E-state index is 11.7. The normalized spacial score (nSPS) is 23.8. The van der Waals surface area contributed by atoms with Crippen LogP contribution in [0.4, 0.5) is 4.79 Å². The van der Waals surface area contributed by atoms with Crippen LogP contribution in [-0.2, 0) is 14.9 Å². The van der Waals surface area contributed by atoms with Gasteiger partial charge in [0.05, 0.1) is 6.54 Å². The first-order valence-electron chi connectivity index (χ1n) is 5.24. The van der Waals surface area contributed by atoms with E-state index in [0.717, 1.165) is 0 Å². The van der Waals surface area contributed by atoms with Crippen molar-refractivity contribution in [3.05, 3.63) is 0 Å². The standard InChI is InChI=1S/C9H17ClN2O4S/c1-9(2,3)16-8(13)12-6-7(4-5-10)11-17(12,14)15/h7,11H,4-6H2,1-3H3. The highest BCUT2D eigenvalue weighted by atomic mass is 35.5. The molecule has 6 nitrogen and oxygen atoms in total. The van der Waals surface area contributed by atoms with E-state index in [1.165, 1.54) is 0 Å². The Balaban J connectivity index is 2.74. The number of rotatable bonds is 2. The zero-order valence-electron chi connectivity index (χ0n) is 10.1. The van der Waals surface area contributed by atoms with Crippen molar-refractivity contribution in [1.29, 1.82) is 0 Å². The quantitative estimate of drug-likeness (QED) is 0.770. The monoisotopic (exact) mass is 284 g/mol. The lowest BCUT2D eigenvalue weighted by Gasteiger charge is -2.23. The molecule has 0 bridgehead atoms. The second kappa shape index (κ2) is 4.99. The predicted octanol–water partition coefficient (Wildman–Crippen LogP) is 1.07. The molecule has 0 aliphatic carbocycles. The number of ether oxygens (including phenoxy) is 1. The minimum Gasteiger partial charge on any atom is -0.443 e. The van der Waals surface area contributed by atoms with E-state index in [2.05, 4.69) is 4.72 Å². The summed E-state index contributed by atoms with van der Waals surface area (Å²) < 4.78 is 31.4. The van der Waals surface area contributed by atoms with Crippen molar-refractivity contribution in [2.75, 3.05) is 12.4 Å². The Labute approximate surface area is 106 Å². The summed E-state index contributed by atoms with van der Waals surface area (Å²) in [5.74, 6) is 0.329. The second-order valence-electron chi connectivity index (χ2n) is 4.81. The van der Waals surface area contributed by atoms with E-state index >= 15 is 0 Å². The number of hydrogen-bond acceptors (Lipinski definition) is 4. The molecule has 0 saturated carbocycles. The second-order valence-corrected chi connectivity index (χ2v) is 6.81. The zero-order valence-corrected chi connectivity index (χ0v) is 11.6. The maximum atomic E-state index is 11.7. The van der Waals surface area contributed by atoms with E-state index < -0.39 is 21.9 Å². The first-order valence-corrected chi connectivity index (χ1v) is 7.22. The van der Waals surface area contributed by atoms with Gasteiger partial charge in [0.25, 0.3) is 0 Å². The van der Waals surface area contributed by atoms with E-state index in [1.807, 2.05) is 0 Å². The Morgan fingerprint density at radius 2 is 2.12 bits per heavy atom. The summed E-state index contributed by atoms with van der Waals surface area (Å²) in [6.45, 7) is 5.09. The van der Waals surface area contributed by atoms with Crippen LogP contribution in [-0.4, -0.2) is 42.9 Å².